The van der Waals surface area contributed by atoms with Gasteiger partial charge in [-0.25, -0.2) is 4.98 Å². The molecule has 0 spiro atoms. The molecule has 5 heteroatoms. The third-order valence-electron chi connectivity index (χ3n) is 4.26. The highest BCUT2D eigenvalue weighted by atomic mass is 32.2. The monoisotopic (exact) mass is 381 g/mol. The summed E-state index contributed by atoms with van der Waals surface area (Å²) in [6.07, 6.45) is 15.1. The number of hydrogen-bond donors (Lipinski definition) is 1. The Balaban J connectivity index is 2.35. The second-order valence-electron chi connectivity index (χ2n) is 6.21. The molecule has 0 bridgehead atoms. The van der Waals surface area contributed by atoms with E-state index in [1.165, 1.54) is 11.1 Å². The van der Waals surface area contributed by atoms with Crippen LogP contribution in [-0.4, -0.2) is 28.4 Å². The molecule has 0 radical (unpaired) electrons. The largest absolute Gasteiger partial charge is 0.313 e. The van der Waals surface area contributed by atoms with Gasteiger partial charge in [0.15, 0.2) is 0 Å². The zero-order valence-electron chi connectivity index (χ0n) is 16.5. The van der Waals surface area contributed by atoms with Crippen LogP contribution < -0.4 is 5.32 Å². The van der Waals surface area contributed by atoms with Crippen molar-refractivity contribution in [3.05, 3.63) is 59.6 Å². The van der Waals surface area contributed by atoms with E-state index in [-0.39, 0.29) is 0 Å². The average Bonchev–Trinajstić information content (AvgIpc) is 2.67. The van der Waals surface area contributed by atoms with Crippen LogP contribution >= 0.6 is 11.8 Å². The van der Waals surface area contributed by atoms with Gasteiger partial charge < -0.3 is 5.32 Å². The van der Waals surface area contributed by atoms with Gasteiger partial charge >= 0.3 is 0 Å². The van der Waals surface area contributed by atoms with E-state index in [0.717, 1.165) is 40.6 Å². The Morgan fingerprint density at radius 1 is 1.22 bits per heavy atom. The second kappa shape index (κ2) is 10.7. The molecular formula is C22H27N3OS. The molecule has 2 rings (SSSR count). The number of rotatable bonds is 9. The first-order valence-electron chi connectivity index (χ1n) is 9.12. The Labute approximate surface area is 165 Å². The zero-order chi connectivity index (χ0) is 19.6. The van der Waals surface area contributed by atoms with Crippen LogP contribution in [0.2, 0.25) is 0 Å². The predicted molar refractivity (Wildman–Crippen MR) is 118 cm³/mol. The van der Waals surface area contributed by atoms with Crippen molar-refractivity contribution < 1.29 is 4.79 Å². The number of nitrogens with one attached hydrogen (secondary N) is 1. The third-order valence-corrected chi connectivity index (χ3v) is 4.87. The van der Waals surface area contributed by atoms with E-state index in [0.29, 0.717) is 12.2 Å². The number of carbonyl (C=O) groups is 1. The molecule has 0 saturated carbocycles. The number of nitrogens with zero attached hydrogens (tertiary/aromatic N) is 2. The van der Waals surface area contributed by atoms with Gasteiger partial charge in [0.25, 0.3) is 0 Å². The minimum atomic E-state index is 0.525. The highest BCUT2D eigenvalue weighted by Gasteiger charge is 2.08. The number of fused-ring (bicyclic) bond motifs is 1. The first-order valence-corrected chi connectivity index (χ1v) is 10.5. The Kier molecular flexibility index (Phi) is 8.27. The summed E-state index contributed by atoms with van der Waals surface area (Å²) in [5.41, 5.74) is 4.63. The van der Waals surface area contributed by atoms with E-state index in [4.69, 9.17) is 0 Å². The summed E-state index contributed by atoms with van der Waals surface area (Å²) in [5.74, 6) is 1.65. The van der Waals surface area contributed by atoms with Gasteiger partial charge in [-0.15, -0.1) is 0 Å². The molecule has 0 aliphatic heterocycles. The standard InChI is InChI=1S/C22H27N3OS/c1-5-7-17(8-9-27-4)10-16(3)20(6-2)21-11-18-14-24-22(25-15-26)12-19(18)13-23-21/h6-7,10-15H,5,8-9H2,1-4H3,(H,24,25,26)/b16-10-,17-7+,20-6+. The number of pyridine rings is 2. The van der Waals surface area contributed by atoms with Crippen molar-refractivity contribution >= 4 is 40.3 Å². The zero-order valence-corrected chi connectivity index (χ0v) is 17.3. The SMILES string of the molecule is C\C=C(/C(C)=C\C(=C\CC)CCSC)c1cc2cnc(NC=O)cc2cn1. The van der Waals surface area contributed by atoms with Crippen LogP contribution in [-0.2, 0) is 4.79 Å². The van der Waals surface area contributed by atoms with Gasteiger partial charge in [0.2, 0.25) is 6.41 Å². The lowest BCUT2D eigenvalue weighted by Gasteiger charge is -2.11. The summed E-state index contributed by atoms with van der Waals surface area (Å²) in [7, 11) is 0. The summed E-state index contributed by atoms with van der Waals surface area (Å²) in [4.78, 5) is 19.5. The van der Waals surface area contributed by atoms with Gasteiger partial charge in [-0.05, 0) is 62.0 Å². The Hall–Kier alpha value is -2.40. The molecule has 0 fully saturated rings. The number of allylic oxidation sites excluding steroid dienone is 6. The van der Waals surface area contributed by atoms with Crippen LogP contribution in [0.5, 0.6) is 0 Å². The van der Waals surface area contributed by atoms with Crippen molar-refractivity contribution in [3.8, 4) is 0 Å². The van der Waals surface area contributed by atoms with Crippen LogP contribution in [0, 0.1) is 0 Å². The van der Waals surface area contributed by atoms with Gasteiger partial charge in [0.05, 0.1) is 5.69 Å². The lowest BCUT2D eigenvalue weighted by atomic mass is 9.98. The summed E-state index contributed by atoms with van der Waals surface area (Å²) in [5, 5.41) is 4.51. The molecule has 1 amide bonds. The molecule has 27 heavy (non-hydrogen) atoms. The molecule has 0 aliphatic rings. The first-order chi connectivity index (χ1) is 13.1. The lowest BCUT2D eigenvalue weighted by molar-refractivity contribution is -0.105. The average molecular weight is 382 g/mol. The minimum Gasteiger partial charge on any atom is -0.313 e. The molecule has 2 aromatic rings. The van der Waals surface area contributed by atoms with Crippen LogP contribution in [0.15, 0.2) is 53.9 Å². The minimum absolute atomic E-state index is 0.525. The molecule has 1 N–H and O–H groups in total. The van der Waals surface area contributed by atoms with Gasteiger partial charge in [0, 0.05) is 23.2 Å². The van der Waals surface area contributed by atoms with Crippen LogP contribution in [0.3, 0.4) is 0 Å². The van der Waals surface area contributed by atoms with E-state index < -0.39 is 0 Å². The maximum atomic E-state index is 10.6. The van der Waals surface area contributed by atoms with Crippen molar-refractivity contribution in [1.82, 2.24) is 9.97 Å². The maximum absolute atomic E-state index is 10.6. The van der Waals surface area contributed by atoms with Gasteiger partial charge in [-0.3, -0.25) is 9.78 Å². The van der Waals surface area contributed by atoms with E-state index in [2.05, 4.69) is 53.6 Å². The molecule has 0 aromatic carbocycles. The highest BCUT2D eigenvalue weighted by molar-refractivity contribution is 7.98. The molecule has 142 valence electrons. The van der Waals surface area contributed by atoms with Crippen molar-refractivity contribution in [3.63, 3.8) is 0 Å². The number of anilines is 1. The number of hydrogen-bond acceptors (Lipinski definition) is 4. The highest BCUT2D eigenvalue weighted by Crippen LogP contribution is 2.26. The summed E-state index contributed by atoms with van der Waals surface area (Å²) in [6.45, 7) is 6.35. The number of aromatic nitrogens is 2. The number of amides is 1. The second-order valence-corrected chi connectivity index (χ2v) is 7.19. The lowest BCUT2D eigenvalue weighted by Crippen LogP contribution is -1.97. The first kappa shape index (κ1) is 20.9. The third kappa shape index (κ3) is 5.79. The topological polar surface area (TPSA) is 54.9 Å². The van der Waals surface area contributed by atoms with E-state index in [1.54, 1.807) is 6.20 Å². The molecule has 0 unspecified atom stereocenters. The maximum Gasteiger partial charge on any atom is 0.212 e. The number of thioether (sulfide) groups is 1. The molecule has 0 saturated heterocycles. The fourth-order valence-corrected chi connectivity index (χ4v) is 3.41. The predicted octanol–water partition coefficient (Wildman–Crippen LogP) is 5.64. The van der Waals surface area contributed by atoms with Crippen molar-refractivity contribution in [2.45, 2.75) is 33.6 Å². The smallest absolute Gasteiger partial charge is 0.212 e. The number of carbonyl (C=O) groups excluding carboxylic acids is 1. The molecule has 2 aromatic heterocycles. The van der Waals surface area contributed by atoms with Crippen LogP contribution in [0.4, 0.5) is 5.82 Å². The normalized spacial score (nSPS) is 13.1. The van der Waals surface area contributed by atoms with Gasteiger partial charge in [-0.1, -0.05) is 30.7 Å². The quantitative estimate of drug-likeness (QED) is 0.451. The van der Waals surface area contributed by atoms with Crippen molar-refractivity contribution in [2.75, 3.05) is 17.3 Å². The van der Waals surface area contributed by atoms with Gasteiger partial charge in [-0.2, -0.15) is 11.8 Å². The summed E-state index contributed by atoms with van der Waals surface area (Å²) in [6, 6.07) is 3.87. The van der Waals surface area contributed by atoms with Gasteiger partial charge in [0.1, 0.15) is 5.82 Å². The fraction of sp³-hybridized carbons (Fsp3) is 0.318. The van der Waals surface area contributed by atoms with E-state index in [1.807, 2.05) is 37.0 Å². The van der Waals surface area contributed by atoms with E-state index >= 15 is 0 Å². The van der Waals surface area contributed by atoms with Crippen molar-refractivity contribution in [2.24, 2.45) is 0 Å². The molecular weight excluding hydrogens is 354 g/mol. The Bertz CT molecular complexity index is 884. The molecule has 0 atom stereocenters. The Morgan fingerprint density at radius 3 is 2.63 bits per heavy atom. The molecule has 2 heterocycles. The fourth-order valence-electron chi connectivity index (χ4n) is 2.97. The molecule has 4 nitrogen and oxygen atoms in total. The summed E-state index contributed by atoms with van der Waals surface area (Å²) >= 11 is 1.87. The van der Waals surface area contributed by atoms with Crippen LogP contribution in [0.1, 0.15) is 39.3 Å². The molecule has 0 aliphatic carbocycles. The Morgan fingerprint density at radius 2 is 1.96 bits per heavy atom. The van der Waals surface area contributed by atoms with Crippen LogP contribution in [0.25, 0.3) is 16.3 Å². The van der Waals surface area contributed by atoms with Crippen molar-refractivity contribution in [1.29, 1.82) is 0 Å². The van der Waals surface area contributed by atoms with E-state index in [9.17, 15) is 4.79 Å². The summed E-state index contributed by atoms with van der Waals surface area (Å²) < 4.78 is 0.